The van der Waals surface area contributed by atoms with Crippen LogP contribution in [0.1, 0.15) is 27.2 Å². The molecule has 0 aromatic heterocycles. The van der Waals surface area contributed by atoms with Gasteiger partial charge in [-0.3, -0.25) is 9.59 Å². The quantitative estimate of drug-likeness (QED) is 0.448. The van der Waals surface area contributed by atoms with Gasteiger partial charge >= 0.3 is 0 Å². The third-order valence-corrected chi connectivity index (χ3v) is 1.28. The summed E-state index contributed by atoms with van der Waals surface area (Å²) in [6.45, 7) is 6.43. The number of amides is 1. The first-order valence-electron chi connectivity index (χ1n) is 4.41. The fraction of sp³-hybridized carbons (Fsp3) is 0.750. The smallest absolute Gasteiger partial charge is 0.258 e. The Morgan fingerprint density at radius 1 is 1.15 bits per heavy atom. The van der Waals surface area contributed by atoms with Gasteiger partial charge in [-0.15, -0.1) is 0 Å². The number of hydrogen-bond donors (Lipinski definition) is 2. The Kier molecular flexibility index (Phi) is 6.09. The predicted octanol–water partition coefficient (Wildman–Crippen LogP) is -0.157. The van der Waals surface area contributed by atoms with Crippen LogP contribution in [-0.2, 0) is 9.59 Å². The summed E-state index contributed by atoms with van der Waals surface area (Å²) in [5.74, 6) is -0.387. The maximum Gasteiger partial charge on any atom is 0.258 e. The Morgan fingerprint density at radius 3 is 1.92 bits per heavy atom. The molecule has 0 fully saturated rings. The summed E-state index contributed by atoms with van der Waals surface area (Å²) >= 11 is 0. The Hall–Kier alpha value is -0.940. The Morgan fingerprint density at radius 2 is 1.62 bits per heavy atom. The molecule has 13 heavy (non-hydrogen) atoms. The third kappa shape index (κ3) is 5.32. The molecule has 2 N–H and O–H groups in total. The summed E-state index contributed by atoms with van der Waals surface area (Å²) in [5.41, 5.74) is 5.62. The second-order valence-electron chi connectivity index (χ2n) is 2.63. The lowest BCUT2D eigenvalue weighted by Gasteiger charge is -2.22. The molecule has 0 saturated carbocycles. The first-order valence-corrected chi connectivity index (χ1v) is 4.41. The van der Waals surface area contributed by atoms with Crippen LogP contribution in [-0.4, -0.2) is 29.9 Å². The summed E-state index contributed by atoms with van der Waals surface area (Å²) in [6.07, 6.45) is -0.0694. The van der Waals surface area contributed by atoms with Crippen molar-refractivity contribution < 1.29 is 9.59 Å². The zero-order valence-electron chi connectivity index (χ0n) is 8.39. The fourth-order valence-corrected chi connectivity index (χ4v) is 0.841. The summed E-state index contributed by atoms with van der Waals surface area (Å²) in [4.78, 5) is 22.0. The highest BCUT2D eigenvalue weighted by atomic mass is 16.2. The van der Waals surface area contributed by atoms with Gasteiger partial charge in [0.05, 0.1) is 6.42 Å². The first kappa shape index (κ1) is 12.1. The van der Waals surface area contributed by atoms with Crippen molar-refractivity contribution in [3.8, 4) is 0 Å². The molecule has 0 heterocycles. The van der Waals surface area contributed by atoms with Crippen LogP contribution >= 0.6 is 0 Å². The Balaban J connectivity index is 4.02. The van der Waals surface area contributed by atoms with Gasteiger partial charge in [0, 0.05) is 13.1 Å². The maximum absolute atomic E-state index is 11.3. The molecule has 0 radical (unpaired) electrons. The van der Waals surface area contributed by atoms with Gasteiger partial charge in [0.1, 0.15) is 5.78 Å². The molecule has 5 nitrogen and oxygen atoms in total. The van der Waals surface area contributed by atoms with E-state index < -0.39 is 0 Å². The van der Waals surface area contributed by atoms with Gasteiger partial charge in [-0.25, -0.2) is 16.0 Å². The lowest BCUT2D eigenvalue weighted by Crippen LogP contribution is -2.52. The highest BCUT2D eigenvalue weighted by molar-refractivity contribution is 5.96. The Labute approximate surface area is 78.4 Å². The van der Waals surface area contributed by atoms with E-state index in [2.05, 4.69) is 10.9 Å². The number of ketones is 1. The lowest BCUT2D eigenvalue weighted by molar-refractivity contribution is -0.140. The van der Waals surface area contributed by atoms with Crippen LogP contribution in [0.25, 0.3) is 0 Å². The van der Waals surface area contributed by atoms with Crippen molar-refractivity contribution in [2.75, 3.05) is 13.1 Å². The predicted molar refractivity (Wildman–Crippen MR) is 49.5 cm³/mol. The van der Waals surface area contributed by atoms with Gasteiger partial charge in [0.15, 0.2) is 0 Å². The van der Waals surface area contributed by atoms with Crippen molar-refractivity contribution in [3.63, 3.8) is 0 Å². The highest BCUT2D eigenvalue weighted by Crippen LogP contribution is 1.88. The van der Waals surface area contributed by atoms with Crippen molar-refractivity contribution >= 4 is 11.7 Å². The number of hydrazine groups is 2. The molecule has 0 aliphatic rings. The fourth-order valence-electron chi connectivity index (χ4n) is 0.841. The molecular weight excluding hydrogens is 170 g/mol. The van der Waals surface area contributed by atoms with Crippen LogP contribution in [0.2, 0.25) is 0 Å². The van der Waals surface area contributed by atoms with Gasteiger partial charge in [-0.2, -0.15) is 0 Å². The SMILES string of the molecule is CCNN(NCC)C(=O)CC(C)=O. The molecule has 5 heteroatoms. The van der Waals surface area contributed by atoms with Crippen molar-refractivity contribution in [1.82, 2.24) is 16.0 Å². The molecule has 1 amide bonds. The van der Waals surface area contributed by atoms with E-state index in [1.807, 2.05) is 13.8 Å². The monoisotopic (exact) mass is 187 g/mol. The second-order valence-corrected chi connectivity index (χ2v) is 2.63. The van der Waals surface area contributed by atoms with Crippen LogP contribution < -0.4 is 10.9 Å². The van der Waals surface area contributed by atoms with E-state index in [-0.39, 0.29) is 18.1 Å². The van der Waals surface area contributed by atoms with E-state index in [0.717, 1.165) is 0 Å². The number of Topliss-reactive ketones (excluding diaryl/α,β-unsaturated/α-hetero) is 1. The van der Waals surface area contributed by atoms with Crippen LogP contribution in [0.4, 0.5) is 0 Å². The van der Waals surface area contributed by atoms with Gasteiger partial charge in [-0.05, 0) is 6.92 Å². The summed E-state index contributed by atoms with van der Waals surface area (Å²) in [5, 5.41) is 1.27. The minimum atomic E-state index is -0.254. The van der Waals surface area contributed by atoms with E-state index in [9.17, 15) is 9.59 Å². The zero-order valence-corrected chi connectivity index (χ0v) is 8.39. The van der Waals surface area contributed by atoms with Crippen LogP contribution in [0.15, 0.2) is 0 Å². The topological polar surface area (TPSA) is 61.4 Å². The van der Waals surface area contributed by atoms with E-state index in [0.29, 0.717) is 13.1 Å². The van der Waals surface area contributed by atoms with Crippen LogP contribution in [0.3, 0.4) is 0 Å². The minimum Gasteiger partial charge on any atom is -0.299 e. The number of carbonyl (C=O) groups is 2. The molecule has 0 bridgehead atoms. The number of nitrogens with zero attached hydrogens (tertiary/aromatic N) is 1. The van der Waals surface area contributed by atoms with E-state index >= 15 is 0 Å². The highest BCUT2D eigenvalue weighted by Gasteiger charge is 2.12. The lowest BCUT2D eigenvalue weighted by atomic mass is 10.3. The third-order valence-electron chi connectivity index (χ3n) is 1.28. The molecular formula is C8H17N3O2. The molecule has 0 aromatic rings. The van der Waals surface area contributed by atoms with E-state index in [1.165, 1.54) is 12.0 Å². The maximum atomic E-state index is 11.3. The summed E-state index contributed by atoms with van der Waals surface area (Å²) in [7, 11) is 0. The molecule has 0 aromatic carbocycles. The van der Waals surface area contributed by atoms with Gasteiger partial charge < -0.3 is 0 Å². The largest absolute Gasteiger partial charge is 0.299 e. The standard InChI is InChI=1S/C8H17N3O2/c1-4-9-11(10-5-2)8(13)6-7(3)12/h9-10H,4-6H2,1-3H3. The van der Waals surface area contributed by atoms with Gasteiger partial charge in [-0.1, -0.05) is 13.8 Å². The number of carbonyl (C=O) groups excluding carboxylic acids is 2. The summed E-state index contributed by atoms with van der Waals surface area (Å²) in [6, 6.07) is 0. The molecule has 0 unspecified atom stereocenters. The Bertz CT molecular complexity index is 176. The number of hydrogen-bond acceptors (Lipinski definition) is 4. The van der Waals surface area contributed by atoms with Crippen LogP contribution in [0.5, 0.6) is 0 Å². The molecule has 76 valence electrons. The van der Waals surface area contributed by atoms with Gasteiger partial charge in [0.2, 0.25) is 0 Å². The van der Waals surface area contributed by atoms with E-state index in [4.69, 9.17) is 0 Å². The van der Waals surface area contributed by atoms with Crippen molar-refractivity contribution in [2.45, 2.75) is 27.2 Å². The minimum absolute atomic E-state index is 0.0694. The van der Waals surface area contributed by atoms with Crippen molar-refractivity contribution in [1.29, 1.82) is 0 Å². The van der Waals surface area contributed by atoms with Gasteiger partial charge in [0.25, 0.3) is 5.91 Å². The van der Waals surface area contributed by atoms with Crippen molar-refractivity contribution in [2.24, 2.45) is 0 Å². The molecule has 0 rings (SSSR count). The summed E-state index contributed by atoms with van der Waals surface area (Å²) < 4.78 is 0. The number of rotatable bonds is 6. The van der Waals surface area contributed by atoms with Crippen molar-refractivity contribution in [3.05, 3.63) is 0 Å². The normalized spacial score (nSPS) is 9.77. The number of nitrogens with one attached hydrogen (secondary N) is 2. The average Bonchev–Trinajstić information content (AvgIpc) is 2.02. The molecule has 0 saturated heterocycles. The molecule has 0 aliphatic carbocycles. The van der Waals surface area contributed by atoms with E-state index in [1.54, 1.807) is 0 Å². The first-order chi connectivity index (χ1) is 6.11. The molecule has 0 aliphatic heterocycles. The average molecular weight is 187 g/mol. The van der Waals surface area contributed by atoms with Crippen LogP contribution in [0, 0.1) is 0 Å². The second kappa shape index (κ2) is 6.56. The zero-order chi connectivity index (χ0) is 10.3. The molecule has 0 spiro atoms. The molecule has 0 atom stereocenters.